The first-order chi connectivity index (χ1) is 12.3. The number of carbonyl (C=O) groups excluding carboxylic acids is 2. The van der Waals surface area contributed by atoms with Crippen LogP contribution in [0.2, 0.25) is 0 Å². The lowest BCUT2D eigenvalue weighted by Crippen LogP contribution is -2.26. The SMILES string of the molecule is Cc1cc(C)c(OC(=O)CCCNC(=O)c2ccc(F)cc2F)c(C)c1. The van der Waals surface area contributed by atoms with Crippen LogP contribution in [0.4, 0.5) is 8.78 Å². The van der Waals surface area contributed by atoms with Crippen molar-refractivity contribution < 1.29 is 23.1 Å². The summed E-state index contributed by atoms with van der Waals surface area (Å²) in [7, 11) is 0. The van der Waals surface area contributed by atoms with Crippen LogP contribution in [0, 0.1) is 32.4 Å². The molecule has 0 saturated heterocycles. The third-order valence-electron chi connectivity index (χ3n) is 3.84. The fourth-order valence-corrected chi connectivity index (χ4v) is 2.70. The van der Waals surface area contributed by atoms with E-state index in [-0.39, 0.29) is 18.5 Å². The topological polar surface area (TPSA) is 55.4 Å². The molecule has 0 aliphatic rings. The average Bonchev–Trinajstić information content (AvgIpc) is 2.54. The number of carbonyl (C=O) groups is 2. The van der Waals surface area contributed by atoms with Gasteiger partial charge in [-0.2, -0.15) is 0 Å². The molecular weight excluding hydrogens is 340 g/mol. The Morgan fingerprint density at radius 2 is 1.69 bits per heavy atom. The van der Waals surface area contributed by atoms with Crippen LogP contribution in [-0.2, 0) is 4.79 Å². The van der Waals surface area contributed by atoms with E-state index < -0.39 is 23.5 Å². The zero-order chi connectivity index (χ0) is 19.3. The average molecular weight is 361 g/mol. The summed E-state index contributed by atoms with van der Waals surface area (Å²) in [6, 6.07) is 6.62. The van der Waals surface area contributed by atoms with Gasteiger partial charge in [-0.1, -0.05) is 17.7 Å². The number of rotatable bonds is 6. The summed E-state index contributed by atoms with van der Waals surface area (Å²) in [5.41, 5.74) is 2.63. The van der Waals surface area contributed by atoms with Gasteiger partial charge < -0.3 is 10.1 Å². The summed E-state index contributed by atoms with van der Waals surface area (Å²) in [5.74, 6) is -2.17. The van der Waals surface area contributed by atoms with Crippen LogP contribution in [-0.4, -0.2) is 18.4 Å². The smallest absolute Gasteiger partial charge is 0.311 e. The van der Waals surface area contributed by atoms with Gasteiger partial charge in [-0.05, 0) is 50.5 Å². The Bertz CT molecular complexity index is 811. The van der Waals surface area contributed by atoms with E-state index in [9.17, 15) is 18.4 Å². The van der Waals surface area contributed by atoms with Crippen molar-refractivity contribution in [3.63, 3.8) is 0 Å². The van der Waals surface area contributed by atoms with Crippen molar-refractivity contribution >= 4 is 11.9 Å². The molecule has 0 fully saturated rings. The minimum atomic E-state index is -0.924. The van der Waals surface area contributed by atoms with Crippen molar-refractivity contribution in [1.29, 1.82) is 0 Å². The van der Waals surface area contributed by atoms with E-state index in [1.54, 1.807) is 0 Å². The summed E-state index contributed by atoms with van der Waals surface area (Å²) >= 11 is 0. The molecule has 0 atom stereocenters. The van der Waals surface area contributed by atoms with Crippen LogP contribution < -0.4 is 10.1 Å². The molecule has 0 heterocycles. The molecule has 0 saturated carbocycles. The van der Waals surface area contributed by atoms with E-state index >= 15 is 0 Å². The fraction of sp³-hybridized carbons (Fsp3) is 0.300. The van der Waals surface area contributed by atoms with Gasteiger partial charge in [0, 0.05) is 19.0 Å². The van der Waals surface area contributed by atoms with Gasteiger partial charge in [-0.25, -0.2) is 8.78 Å². The van der Waals surface area contributed by atoms with E-state index in [1.165, 1.54) is 0 Å². The Balaban J connectivity index is 1.81. The van der Waals surface area contributed by atoms with Gasteiger partial charge in [0.05, 0.1) is 5.56 Å². The third kappa shape index (κ3) is 5.12. The minimum Gasteiger partial charge on any atom is -0.426 e. The standard InChI is InChI=1S/C20H21F2NO3/c1-12-9-13(2)19(14(3)10-12)26-18(24)5-4-8-23-20(25)16-7-6-15(21)11-17(16)22/h6-7,9-11H,4-5,8H2,1-3H3,(H,23,25). The van der Waals surface area contributed by atoms with E-state index in [0.29, 0.717) is 18.2 Å². The molecule has 6 heteroatoms. The van der Waals surface area contributed by atoms with E-state index in [4.69, 9.17) is 4.74 Å². The van der Waals surface area contributed by atoms with Gasteiger partial charge in [0.25, 0.3) is 5.91 Å². The van der Waals surface area contributed by atoms with E-state index in [0.717, 1.165) is 28.8 Å². The van der Waals surface area contributed by atoms with Gasteiger partial charge in [-0.15, -0.1) is 0 Å². The number of ether oxygens (including phenoxy) is 1. The lowest BCUT2D eigenvalue weighted by Gasteiger charge is -2.12. The maximum Gasteiger partial charge on any atom is 0.311 e. The fourth-order valence-electron chi connectivity index (χ4n) is 2.70. The van der Waals surface area contributed by atoms with Gasteiger partial charge in [-0.3, -0.25) is 9.59 Å². The van der Waals surface area contributed by atoms with Gasteiger partial charge in [0.15, 0.2) is 0 Å². The molecular formula is C20H21F2NO3. The molecule has 0 radical (unpaired) electrons. The second kappa shape index (κ2) is 8.56. The Hall–Kier alpha value is -2.76. The molecule has 2 aromatic rings. The minimum absolute atomic E-state index is 0.110. The van der Waals surface area contributed by atoms with Gasteiger partial charge in [0.2, 0.25) is 0 Å². The maximum absolute atomic E-state index is 13.5. The van der Waals surface area contributed by atoms with Crippen molar-refractivity contribution in [2.75, 3.05) is 6.54 Å². The lowest BCUT2D eigenvalue weighted by molar-refractivity contribution is -0.134. The van der Waals surface area contributed by atoms with Crippen molar-refractivity contribution in [2.24, 2.45) is 0 Å². The summed E-state index contributed by atoms with van der Waals surface area (Å²) in [5, 5.41) is 2.50. The van der Waals surface area contributed by atoms with Crippen LogP contribution in [0.15, 0.2) is 30.3 Å². The highest BCUT2D eigenvalue weighted by Gasteiger charge is 2.13. The van der Waals surface area contributed by atoms with E-state index in [1.807, 2.05) is 32.9 Å². The number of nitrogens with one attached hydrogen (secondary N) is 1. The molecule has 0 aliphatic heterocycles. The summed E-state index contributed by atoms with van der Waals surface area (Å²) in [6.07, 6.45) is 0.455. The normalized spacial score (nSPS) is 10.5. The lowest BCUT2D eigenvalue weighted by atomic mass is 10.1. The zero-order valence-corrected chi connectivity index (χ0v) is 15.0. The summed E-state index contributed by atoms with van der Waals surface area (Å²) in [4.78, 5) is 23.8. The predicted octanol–water partition coefficient (Wildman–Crippen LogP) is 4.01. The van der Waals surface area contributed by atoms with Crippen LogP contribution in [0.25, 0.3) is 0 Å². The monoisotopic (exact) mass is 361 g/mol. The number of benzene rings is 2. The summed E-state index contributed by atoms with van der Waals surface area (Å²) in [6.45, 7) is 5.90. The maximum atomic E-state index is 13.5. The molecule has 0 spiro atoms. The van der Waals surface area contributed by atoms with Crippen LogP contribution in [0.3, 0.4) is 0 Å². The highest BCUT2D eigenvalue weighted by Crippen LogP contribution is 2.25. The molecule has 1 N–H and O–H groups in total. The van der Waals surface area contributed by atoms with Crippen molar-refractivity contribution in [3.8, 4) is 5.75 Å². The number of esters is 1. The first kappa shape index (κ1) is 19.6. The molecule has 26 heavy (non-hydrogen) atoms. The van der Waals surface area contributed by atoms with Gasteiger partial charge in [0.1, 0.15) is 17.4 Å². The molecule has 1 amide bonds. The van der Waals surface area contributed by atoms with Gasteiger partial charge >= 0.3 is 5.97 Å². The molecule has 0 unspecified atom stereocenters. The number of aryl methyl sites for hydroxylation is 3. The predicted molar refractivity (Wildman–Crippen MR) is 94.2 cm³/mol. The first-order valence-corrected chi connectivity index (χ1v) is 8.29. The Kier molecular flexibility index (Phi) is 6.44. The Morgan fingerprint density at radius 1 is 1.04 bits per heavy atom. The highest BCUT2D eigenvalue weighted by molar-refractivity contribution is 5.94. The van der Waals surface area contributed by atoms with Crippen molar-refractivity contribution in [2.45, 2.75) is 33.6 Å². The van der Waals surface area contributed by atoms with Crippen LogP contribution in [0.1, 0.15) is 39.9 Å². The first-order valence-electron chi connectivity index (χ1n) is 8.29. The molecule has 0 aliphatic carbocycles. The quantitative estimate of drug-likeness (QED) is 0.481. The highest BCUT2D eigenvalue weighted by atomic mass is 19.1. The van der Waals surface area contributed by atoms with E-state index in [2.05, 4.69) is 5.32 Å². The molecule has 2 rings (SSSR count). The van der Waals surface area contributed by atoms with Crippen molar-refractivity contribution in [1.82, 2.24) is 5.32 Å². The number of hydrogen-bond acceptors (Lipinski definition) is 3. The van der Waals surface area contributed by atoms with Crippen LogP contribution in [0.5, 0.6) is 5.75 Å². The Labute approximate surface area is 151 Å². The molecule has 2 aromatic carbocycles. The zero-order valence-electron chi connectivity index (χ0n) is 15.0. The Morgan fingerprint density at radius 3 is 2.31 bits per heavy atom. The summed E-state index contributed by atoms with van der Waals surface area (Å²) < 4.78 is 31.8. The number of hydrogen-bond donors (Lipinski definition) is 1. The second-order valence-electron chi connectivity index (χ2n) is 6.19. The van der Waals surface area contributed by atoms with Crippen LogP contribution >= 0.6 is 0 Å². The second-order valence-corrected chi connectivity index (χ2v) is 6.19. The molecule has 0 aromatic heterocycles. The third-order valence-corrected chi connectivity index (χ3v) is 3.84. The number of amides is 1. The number of halogens is 2. The largest absolute Gasteiger partial charge is 0.426 e. The molecule has 138 valence electrons. The van der Waals surface area contributed by atoms with Crippen molar-refractivity contribution in [3.05, 3.63) is 64.2 Å². The molecule has 4 nitrogen and oxygen atoms in total. The molecule has 0 bridgehead atoms.